The minimum Gasteiger partial charge on any atom is -0.211 e. The summed E-state index contributed by atoms with van der Waals surface area (Å²) in [6.45, 7) is 0. The van der Waals surface area contributed by atoms with Crippen molar-refractivity contribution in [2.24, 2.45) is 4.99 Å². The van der Waals surface area contributed by atoms with E-state index < -0.39 is 11.4 Å². The van der Waals surface area contributed by atoms with Gasteiger partial charge in [-0.1, -0.05) is 11.6 Å². The summed E-state index contributed by atoms with van der Waals surface area (Å²) in [6.07, 6.45) is 3.75. The average molecular weight is 305 g/mol. The summed E-state index contributed by atoms with van der Waals surface area (Å²) in [5, 5.41) is 0.420. The lowest BCUT2D eigenvalue weighted by atomic mass is 9.72. The largest absolute Gasteiger partial charge is 0.235 e. The Kier molecular flexibility index (Phi) is 3.15. The highest BCUT2D eigenvalue weighted by atomic mass is 79.9. The molecule has 0 unspecified atom stereocenters. The summed E-state index contributed by atoms with van der Waals surface area (Å²) in [6, 6.07) is 2.77. The third kappa shape index (κ3) is 1.71. The van der Waals surface area contributed by atoms with Gasteiger partial charge in [0.15, 0.2) is 0 Å². The first-order chi connectivity index (χ1) is 7.60. The Hall–Kier alpha value is -0.700. The third-order valence-corrected chi connectivity index (χ3v) is 4.32. The van der Waals surface area contributed by atoms with Gasteiger partial charge in [-0.05, 0) is 47.3 Å². The molecule has 2 nitrogen and oxygen atoms in total. The van der Waals surface area contributed by atoms with Gasteiger partial charge in [0.1, 0.15) is 11.4 Å². The normalized spacial score (nSPS) is 17.4. The van der Waals surface area contributed by atoms with Crippen LogP contribution in [-0.2, 0) is 10.3 Å². The van der Waals surface area contributed by atoms with Crippen molar-refractivity contribution in [3.8, 4) is 0 Å². The van der Waals surface area contributed by atoms with Gasteiger partial charge in [0.25, 0.3) is 0 Å². The Morgan fingerprint density at radius 3 is 2.69 bits per heavy atom. The van der Waals surface area contributed by atoms with E-state index in [1.54, 1.807) is 0 Å². The number of isocyanates is 1. The summed E-state index contributed by atoms with van der Waals surface area (Å²) in [7, 11) is 0. The molecule has 0 N–H and O–H groups in total. The molecular formula is C11H8BrClFNO. The topological polar surface area (TPSA) is 29.4 Å². The molecule has 16 heavy (non-hydrogen) atoms. The quantitative estimate of drug-likeness (QED) is 0.462. The van der Waals surface area contributed by atoms with Crippen molar-refractivity contribution < 1.29 is 9.18 Å². The van der Waals surface area contributed by atoms with Crippen molar-refractivity contribution in [1.29, 1.82) is 0 Å². The van der Waals surface area contributed by atoms with Gasteiger partial charge in [0, 0.05) is 10.0 Å². The molecule has 84 valence electrons. The molecule has 0 bridgehead atoms. The highest BCUT2D eigenvalue weighted by molar-refractivity contribution is 9.10. The summed E-state index contributed by atoms with van der Waals surface area (Å²) < 4.78 is 14.3. The van der Waals surface area contributed by atoms with E-state index in [0.717, 1.165) is 6.42 Å². The van der Waals surface area contributed by atoms with Gasteiger partial charge < -0.3 is 0 Å². The standard InChI is InChI=1S/C11H8BrClFNO/c12-10-7(13)2-3-8(14)9(10)11(15-6-16)4-1-5-11/h2-3H,1,4-5H2. The molecule has 0 aliphatic heterocycles. The molecule has 1 aromatic rings. The van der Waals surface area contributed by atoms with E-state index in [4.69, 9.17) is 11.6 Å². The lowest BCUT2D eigenvalue weighted by Gasteiger charge is -2.38. The van der Waals surface area contributed by atoms with E-state index in [2.05, 4.69) is 20.9 Å². The van der Waals surface area contributed by atoms with Gasteiger partial charge in [-0.15, -0.1) is 0 Å². The zero-order chi connectivity index (χ0) is 11.8. The van der Waals surface area contributed by atoms with Gasteiger partial charge in [-0.3, -0.25) is 0 Å². The number of aliphatic imine (C=N–C) groups is 1. The predicted octanol–water partition coefficient (Wildman–Crippen LogP) is 3.96. The molecule has 1 fully saturated rings. The van der Waals surface area contributed by atoms with E-state index in [-0.39, 0.29) is 0 Å². The van der Waals surface area contributed by atoms with E-state index in [1.165, 1.54) is 18.2 Å². The Bertz CT molecular complexity index is 481. The second-order valence-electron chi connectivity index (χ2n) is 3.81. The first kappa shape index (κ1) is 11.8. The first-order valence-electron chi connectivity index (χ1n) is 4.84. The van der Waals surface area contributed by atoms with Crippen molar-refractivity contribution in [2.45, 2.75) is 24.8 Å². The maximum atomic E-state index is 13.8. The number of benzene rings is 1. The lowest BCUT2D eigenvalue weighted by molar-refractivity contribution is 0.246. The van der Waals surface area contributed by atoms with E-state index in [1.807, 2.05) is 0 Å². The smallest absolute Gasteiger partial charge is 0.211 e. The van der Waals surface area contributed by atoms with Crippen LogP contribution in [0.15, 0.2) is 21.6 Å². The zero-order valence-corrected chi connectivity index (χ0v) is 10.6. The minimum absolute atomic E-state index is 0.370. The number of carbonyl (C=O) groups excluding carboxylic acids is 1. The van der Waals surface area contributed by atoms with Crippen LogP contribution in [0.1, 0.15) is 24.8 Å². The number of rotatable bonds is 2. The number of hydrogen-bond donors (Lipinski definition) is 0. The highest BCUT2D eigenvalue weighted by Gasteiger charge is 2.42. The molecule has 1 aromatic carbocycles. The molecule has 1 aliphatic rings. The van der Waals surface area contributed by atoms with E-state index >= 15 is 0 Å². The van der Waals surface area contributed by atoms with E-state index in [9.17, 15) is 9.18 Å². The molecule has 0 aromatic heterocycles. The molecule has 0 spiro atoms. The summed E-state index contributed by atoms with van der Waals surface area (Å²) in [5.74, 6) is -0.394. The second kappa shape index (κ2) is 4.28. The third-order valence-electron chi connectivity index (χ3n) is 2.95. The van der Waals surface area contributed by atoms with Crippen LogP contribution in [0.4, 0.5) is 4.39 Å². The molecule has 0 saturated heterocycles. The highest BCUT2D eigenvalue weighted by Crippen LogP contribution is 2.49. The van der Waals surface area contributed by atoms with E-state index in [0.29, 0.717) is 27.9 Å². The Balaban J connectivity index is 2.62. The minimum atomic E-state index is -0.768. The van der Waals surface area contributed by atoms with Crippen molar-refractivity contribution >= 4 is 33.6 Å². The maximum absolute atomic E-state index is 13.8. The fraction of sp³-hybridized carbons (Fsp3) is 0.364. The van der Waals surface area contributed by atoms with Gasteiger partial charge in [0.05, 0.1) is 5.02 Å². The van der Waals surface area contributed by atoms with Gasteiger partial charge in [0.2, 0.25) is 6.08 Å². The average Bonchev–Trinajstić information content (AvgIpc) is 2.20. The Morgan fingerprint density at radius 1 is 1.50 bits per heavy atom. The molecule has 0 radical (unpaired) electrons. The van der Waals surface area contributed by atoms with Crippen LogP contribution in [0.5, 0.6) is 0 Å². The van der Waals surface area contributed by atoms with Crippen LogP contribution < -0.4 is 0 Å². The molecular weight excluding hydrogens is 296 g/mol. The predicted molar refractivity (Wildman–Crippen MR) is 62.8 cm³/mol. The van der Waals surface area contributed by atoms with Crippen LogP contribution in [0.2, 0.25) is 5.02 Å². The number of halogens is 3. The molecule has 0 amide bonds. The lowest BCUT2D eigenvalue weighted by Crippen LogP contribution is -2.33. The van der Waals surface area contributed by atoms with Gasteiger partial charge in [-0.25, -0.2) is 9.18 Å². The first-order valence-corrected chi connectivity index (χ1v) is 6.01. The summed E-state index contributed by atoms with van der Waals surface area (Å²) in [4.78, 5) is 14.2. The number of nitrogens with zero attached hydrogens (tertiary/aromatic N) is 1. The molecule has 0 heterocycles. The van der Waals surface area contributed by atoms with Crippen LogP contribution in [0.25, 0.3) is 0 Å². The molecule has 5 heteroatoms. The fourth-order valence-corrected chi connectivity index (χ4v) is 2.82. The van der Waals surface area contributed by atoms with Crippen LogP contribution >= 0.6 is 27.5 Å². The van der Waals surface area contributed by atoms with Crippen molar-refractivity contribution in [3.63, 3.8) is 0 Å². The Morgan fingerprint density at radius 2 is 2.19 bits per heavy atom. The van der Waals surface area contributed by atoms with Crippen LogP contribution in [-0.4, -0.2) is 6.08 Å². The maximum Gasteiger partial charge on any atom is 0.235 e. The molecule has 2 rings (SSSR count). The molecule has 1 saturated carbocycles. The zero-order valence-electron chi connectivity index (χ0n) is 8.27. The van der Waals surface area contributed by atoms with Crippen molar-refractivity contribution in [3.05, 3.63) is 33.0 Å². The molecule has 1 aliphatic carbocycles. The van der Waals surface area contributed by atoms with Crippen LogP contribution in [0.3, 0.4) is 0 Å². The van der Waals surface area contributed by atoms with Gasteiger partial charge >= 0.3 is 0 Å². The SMILES string of the molecule is O=C=NC1(c2c(F)ccc(Cl)c2Br)CCC1. The van der Waals surface area contributed by atoms with Crippen LogP contribution in [0, 0.1) is 5.82 Å². The second-order valence-corrected chi connectivity index (χ2v) is 5.01. The number of hydrogen-bond acceptors (Lipinski definition) is 2. The van der Waals surface area contributed by atoms with Crippen molar-refractivity contribution in [1.82, 2.24) is 0 Å². The summed E-state index contributed by atoms with van der Waals surface area (Å²) >= 11 is 9.17. The van der Waals surface area contributed by atoms with Crippen molar-refractivity contribution in [2.75, 3.05) is 0 Å². The summed E-state index contributed by atoms with van der Waals surface area (Å²) in [5.41, 5.74) is -0.398. The monoisotopic (exact) mass is 303 g/mol. The Labute approximate surface area is 106 Å². The van der Waals surface area contributed by atoms with Gasteiger partial charge in [-0.2, -0.15) is 4.99 Å². The fourth-order valence-electron chi connectivity index (χ4n) is 1.97. The molecule has 0 atom stereocenters.